The summed E-state index contributed by atoms with van der Waals surface area (Å²) in [5.74, 6) is 2.42. The van der Waals surface area contributed by atoms with E-state index in [-0.39, 0.29) is 23.9 Å². The number of ether oxygens (including phenoxy) is 5. The van der Waals surface area contributed by atoms with E-state index in [1.165, 1.54) is 11.1 Å². The molecule has 0 saturated heterocycles. The number of carbonyl (C=O) groups is 2. The first-order chi connectivity index (χ1) is 20.6. The van der Waals surface area contributed by atoms with Gasteiger partial charge >= 0.3 is 5.97 Å². The molecule has 0 spiro atoms. The molecule has 42 heavy (non-hydrogen) atoms. The van der Waals surface area contributed by atoms with E-state index in [0.717, 1.165) is 42.1 Å². The topological polar surface area (TPSA) is 80.3 Å². The lowest BCUT2D eigenvalue weighted by atomic mass is 9.84. The molecule has 7 nitrogen and oxygen atoms in total. The number of ketones is 1. The third-order valence-electron chi connectivity index (χ3n) is 7.89. The molecular formula is C35H28O7. The minimum absolute atomic E-state index is 0.101. The molecule has 210 valence electrons. The lowest BCUT2D eigenvalue weighted by Gasteiger charge is -2.27. The molecule has 4 aromatic rings. The van der Waals surface area contributed by atoms with Gasteiger partial charge in [0.15, 0.2) is 5.76 Å². The summed E-state index contributed by atoms with van der Waals surface area (Å²) < 4.78 is 29.0. The summed E-state index contributed by atoms with van der Waals surface area (Å²) in [5.41, 5.74) is 5.18. The summed E-state index contributed by atoms with van der Waals surface area (Å²) in [6.07, 6.45) is 3.47. The Morgan fingerprint density at radius 1 is 0.929 bits per heavy atom. The molecule has 0 fully saturated rings. The fourth-order valence-corrected chi connectivity index (χ4v) is 5.80. The second-order valence-electron chi connectivity index (χ2n) is 10.5. The molecule has 0 aliphatic carbocycles. The van der Waals surface area contributed by atoms with Crippen molar-refractivity contribution < 1.29 is 33.3 Å². The molecular weight excluding hydrogens is 532 g/mol. The van der Waals surface area contributed by atoms with Crippen LogP contribution < -0.4 is 23.7 Å². The Labute approximate surface area is 243 Å². The van der Waals surface area contributed by atoms with Gasteiger partial charge in [-0.05, 0) is 59.2 Å². The van der Waals surface area contributed by atoms with Crippen LogP contribution in [0.25, 0.3) is 6.08 Å². The third-order valence-corrected chi connectivity index (χ3v) is 7.89. The molecule has 0 saturated carbocycles. The van der Waals surface area contributed by atoms with Crippen LogP contribution in [-0.4, -0.2) is 32.1 Å². The standard InChI is InChI=1S/C35H28O7/c1-38-24-9-6-21(7-10-24)19-31-34(37)26-11-13-30-33(35(26)42-31)27(20-32(36)41-30)25-4-2-3-5-29(25)40-16-14-22-8-12-28-23(18-22)15-17-39-28/h2-13,18-19,27H,14-17,20H2,1H3. The maximum atomic E-state index is 13.4. The molecule has 1 atom stereocenters. The van der Waals surface area contributed by atoms with Gasteiger partial charge < -0.3 is 23.7 Å². The molecule has 7 heteroatoms. The van der Waals surface area contributed by atoms with E-state index in [9.17, 15) is 9.59 Å². The highest BCUT2D eigenvalue weighted by molar-refractivity contribution is 6.15. The molecule has 0 bridgehead atoms. The van der Waals surface area contributed by atoms with Crippen LogP contribution in [0.1, 0.15) is 50.5 Å². The van der Waals surface area contributed by atoms with Gasteiger partial charge in [-0.15, -0.1) is 0 Å². The van der Waals surface area contributed by atoms with Crippen molar-refractivity contribution in [3.63, 3.8) is 0 Å². The van der Waals surface area contributed by atoms with E-state index in [1.807, 2.05) is 54.6 Å². The van der Waals surface area contributed by atoms with Crippen LogP contribution in [0.2, 0.25) is 0 Å². The van der Waals surface area contributed by atoms with Gasteiger partial charge in [0.25, 0.3) is 0 Å². The number of rotatable bonds is 7. The Bertz CT molecular complexity index is 1740. The van der Waals surface area contributed by atoms with Crippen LogP contribution >= 0.6 is 0 Å². The number of fused-ring (bicyclic) bond motifs is 4. The largest absolute Gasteiger partial charge is 0.497 e. The number of hydrogen-bond donors (Lipinski definition) is 0. The lowest BCUT2D eigenvalue weighted by molar-refractivity contribution is -0.135. The summed E-state index contributed by atoms with van der Waals surface area (Å²) in [6.45, 7) is 1.20. The Balaban J connectivity index is 1.18. The zero-order chi connectivity index (χ0) is 28.6. The molecule has 4 aromatic carbocycles. The Morgan fingerprint density at radius 2 is 1.76 bits per heavy atom. The van der Waals surface area contributed by atoms with Crippen molar-refractivity contribution in [2.45, 2.75) is 25.2 Å². The third kappa shape index (κ3) is 4.77. The average molecular weight is 561 g/mol. The Hall–Kier alpha value is -5.04. The van der Waals surface area contributed by atoms with Crippen molar-refractivity contribution >= 4 is 17.8 Å². The lowest BCUT2D eigenvalue weighted by Crippen LogP contribution is -2.22. The normalized spacial score (nSPS) is 17.5. The second kappa shape index (κ2) is 10.7. The van der Waals surface area contributed by atoms with Crippen molar-refractivity contribution in [1.29, 1.82) is 0 Å². The van der Waals surface area contributed by atoms with Gasteiger partial charge in [-0.2, -0.15) is 0 Å². The molecule has 3 aliphatic rings. The van der Waals surface area contributed by atoms with Gasteiger partial charge in [0, 0.05) is 29.9 Å². The molecule has 1 unspecified atom stereocenters. The molecule has 7 rings (SSSR count). The van der Waals surface area contributed by atoms with E-state index < -0.39 is 5.92 Å². The van der Waals surface area contributed by atoms with Gasteiger partial charge in [-0.3, -0.25) is 9.59 Å². The number of methoxy groups -OCH3 is 1. The van der Waals surface area contributed by atoms with Crippen LogP contribution in [-0.2, 0) is 17.6 Å². The second-order valence-corrected chi connectivity index (χ2v) is 10.5. The first kappa shape index (κ1) is 25.9. The first-order valence-electron chi connectivity index (χ1n) is 14.0. The van der Waals surface area contributed by atoms with Crippen LogP contribution in [0.15, 0.2) is 84.6 Å². The van der Waals surface area contributed by atoms with Crippen molar-refractivity contribution in [3.8, 4) is 28.7 Å². The number of para-hydroxylation sites is 1. The number of allylic oxidation sites excluding steroid dienone is 1. The van der Waals surface area contributed by atoms with Gasteiger partial charge in [0.2, 0.25) is 5.78 Å². The van der Waals surface area contributed by atoms with Crippen molar-refractivity contribution in [2.75, 3.05) is 20.3 Å². The summed E-state index contributed by atoms with van der Waals surface area (Å²) >= 11 is 0. The maximum absolute atomic E-state index is 13.4. The smallest absolute Gasteiger partial charge is 0.312 e. The fraction of sp³-hybridized carbons (Fsp3) is 0.200. The van der Waals surface area contributed by atoms with E-state index in [1.54, 1.807) is 25.3 Å². The summed E-state index contributed by atoms with van der Waals surface area (Å²) in [6, 6.07) is 24.7. The van der Waals surface area contributed by atoms with Crippen molar-refractivity contribution in [1.82, 2.24) is 0 Å². The van der Waals surface area contributed by atoms with Crippen LogP contribution in [0.3, 0.4) is 0 Å². The van der Waals surface area contributed by atoms with Gasteiger partial charge in [0.05, 0.1) is 32.3 Å². The summed E-state index contributed by atoms with van der Waals surface area (Å²) in [7, 11) is 1.60. The first-order valence-corrected chi connectivity index (χ1v) is 14.0. The number of carbonyl (C=O) groups excluding carboxylic acids is 2. The number of Topliss-reactive ketones (excluding diaryl/α,β-unsaturated/α-hetero) is 1. The highest BCUT2D eigenvalue weighted by atomic mass is 16.5. The highest BCUT2D eigenvalue weighted by Gasteiger charge is 2.39. The predicted molar refractivity (Wildman–Crippen MR) is 156 cm³/mol. The monoisotopic (exact) mass is 560 g/mol. The van der Waals surface area contributed by atoms with Gasteiger partial charge in [-0.25, -0.2) is 0 Å². The maximum Gasteiger partial charge on any atom is 0.312 e. The van der Waals surface area contributed by atoms with Gasteiger partial charge in [0.1, 0.15) is 28.7 Å². The quantitative estimate of drug-likeness (QED) is 0.149. The zero-order valence-electron chi connectivity index (χ0n) is 23.1. The van der Waals surface area contributed by atoms with E-state index >= 15 is 0 Å². The predicted octanol–water partition coefficient (Wildman–Crippen LogP) is 6.31. The molecule has 0 amide bonds. The van der Waals surface area contributed by atoms with Crippen LogP contribution in [0.5, 0.6) is 28.7 Å². The van der Waals surface area contributed by atoms with E-state index in [2.05, 4.69) is 12.1 Å². The minimum Gasteiger partial charge on any atom is -0.497 e. The fourth-order valence-electron chi connectivity index (χ4n) is 5.80. The Morgan fingerprint density at radius 3 is 2.62 bits per heavy atom. The number of hydrogen-bond acceptors (Lipinski definition) is 7. The minimum atomic E-state index is -0.405. The van der Waals surface area contributed by atoms with Crippen LogP contribution in [0.4, 0.5) is 0 Å². The summed E-state index contributed by atoms with van der Waals surface area (Å²) in [4.78, 5) is 26.1. The molecule has 0 aromatic heterocycles. The van der Waals surface area contributed by atoms with E-state index in [4.69, 9.17) is 23.7 Å². The van der Waals surface area contributed by atoms with Crippen molar-refractivity contribution in [3.05, 3.63) is 118 Å². The van der Waals surface area contributed by atoms with E-state index in [0.29, 0.717) is 35.0 Å². The molecule has 3 aliphatic heterocycles. The van der Waals surface area contributed by atoms with Gasteiger partial charge in [-0.1, -0.05) is 42.5 Å². The number of benzene rings is 4. The van der Waals surface area contributed by atoms with Crippen LogP contribution in [0, 0.1) is 0 Å². The van der Waals surface area contributed by atoms with Crippen molar-refractivity contribution in [2.24, 2.45) is 0 Å². The SMILES string of the molecule is COc1ccc(C=C2Oc3c(ccc4c3C(c3ccccc3OCCc3ccc5c(c3)CCO5)CC(=O)O4)C2=O)cc1. The molecule has 0 radical (unpaired) electrons. The average Bonchev–Trinajstić information content (AvgIpc) is 3.61. The Kier molecular flexibility index (Phi) is 6.62. The molecule has 0 N–H and O–H groups in total. The zero-order valence-corrected chi connectivity index (χ0v) is 23.1. The highest BCUT2D eigenvalue weighted by Crippen LogP contribution is 2.50. The molecule has 3 heterocycles. The summed E-state index contributed by atoms with van der Waals surface area (Å²) in [5, 5.41) is 0. The number of esters is 1.